The molecular weight excluding hydrogens is 326 g/mol. The summed E-state index contributed by atoms with van der Waals surface area (Å²) in [5.74, 6) is -0.865. The molecule has 1 N–H and O–H groups in total. The van der Waals surface area contributed by atoms with Crippen LogP contribution in [-0.2, 0) is 22.4 Å². The van der Waals surface area contributed by atoms with E-state index < -0.39 is 11.5 Å². The zero-order valence-corrected chi connectivity index (χ0v) is 10.5. The molecule has 1 aliphatic carbocycles. The van der Waals surface area contributed by atoms with Crippen LogP contribution in [0.25, 0.3) is 16.5 Å². The molecule has 0 aromatic heterocycles. The third-order valence-corrected chi connectivity index (χ3v) is 2.94. The van der Waals surface area contributed by atoms with E-state index in [9.17, 15) is 14.8 Å². The molecule has 0 amide bonds. The summed E-state index contributed by atoms with van der Waals surface area (Å²) in [6.07, 6.45) is 0. The predicted molar refractivity (Wildman–Crippen MR) is 63.6 cm³/mol. The van der Waals surface area contributed by atoms with E-state index in [0.717, 1.165) is 5.39 Å². The minimum absolute atomic E-state index is 0. The average molecular weight is 333 g/mol. The Morgan fingerprint density at radius 2 is 1.61 bits per heavy atom. The van der Waals surface area contributed by atoms with Crippen molar-refractivity contribution >= 4 is 22.3 Å². The molecule has 2 aromatic rings. The second-order valence-electron chi connectivity index (χ2n) is 3.83. The number of carbonyl (C=O) groups excluding carboxylic acids is 1. The maximum absolute atomic E-state index is 11.9. The van der Waals surface area contributed by atoms with Gasteiger partial charge in [0.2, 0.25) is 5.78 Å². The summed E-state index contributed by atoms with van der Waals surface area (Å²) in [5, 5.41) is 14.0. The van der Waals surface area contributed by atoms with Gasteiger partial charge in [0, 0.05) is 38.9 Å². The molecule has 93 valence electrons. The Morgan fingerprint density at radius 3 is 2.22 bits per heavy atom. The standard InChI is InChI=1S/C13H7NO3.Ag/c15-12-8-5-1-3-7-4-2-6-9(10(7)8)13(16)11(12)14-17;/h1-6,15H;. The van der Waals surface area contributed by atoms with Crippen molar-refractivity contribution in [2.24, 2.45) is 5.18 Å². The van der Waals surface area contributed by atoms with E-state index >= 15 is 0 Å². The maximum Gasteiger partial charge on any atom is 0.219 e. The van der Waals surface area contributed by atoms with E-state index in [0.29, 0.717) is 16.5 Å². The van der Waals surface area contributed by atoms with Crippen molar-refractivity contribution in [2.75, 3.05) is 0 Å². The van der Waals surface area contributed by atoms with Crippen molar-refractivity contribution in [3.05, 3.63) is 58.1 Å². The van der Waals surface area contributed by atoms with Crippen LogP contribution in [0.1, 0.15) is 15.9 Å². The van der Waals surface area contributed by atoms with Crippen molar-refractivity contribution < 1.29 is 32.3 Å². The maximum atomic E-state index is 11.9. The fraction of sp³-hybridized carbons (Fsp3) is 0. The molecule has 0 saturated heterocycles. The monoisotopic (exact) mass is 332 g/mol. The van der Waals surface area contributed by atoms with Crippen LogP contribution in [0.4, 0.5) is 0 Å². The topological polar surface area (TPSA) is 66.7 Å². The van der Waals surface area contributed by atoms with Crippen LogP contribution < -0.4 is 0 Å². The van der Waals surface area contributed by atoms with Gasteiger partial charge in [-0.15, -0.1) is 4.91 Å². The van der Waals surface area contributed by atoms with Gasteiger partial charge in [0.25, 0.3) is 0 Å². The number of rotatable bonds is 1. The molecule has 0 heterocycles. The molecule has 18 heavy (non-hydrogen) atoms. The van der Waals surface area contributed by atoms with Crippen LogP contribution in [-0.4, -0.2) is 10.9 Å². The number of aliphatic hydroxyl groups excluding tert-OH is 1. The van der Waals surface area contributed by atoms with Gasteiger partial charge >= 0.3 is 0 Å². The number of allylic oxidation sites excluding steroid dienone is 1. The molecule has 0 atom stereocenters. The summed E-state index contributed by atoms with van der Waals surface area (Å²) in [6.45, 7) is 0. The first kappa shape index (κ1) is 12.7. The quantitative estimate of drug-likeness (QED) is 0.644. The van der Waals surface area contributed by atoms with E-state index in [1.165, 1.54) is 0 Å². The summed E-state index contributed by atoms with van der Waals surface area (Å²) >= 11 is 0. The Balaban J connectivity index is 0.00000120. The zero-order chi connectivity index (χ0) is 12.0. The van der Waals surface area contributed by atoms with Crippen LogP contribution in [0.15, 0.2) is 47.3 Å². The van der Waals surface area contributed by atoms with Crippen LogP contribution in [0.2, 0.25) is 0 Å². The second-order valence-corrected chi connectivity index (χ2v) is 3.83. The smallest absolute Gasteiger partial charge is 0.219 e. The molecule has 2 aromatic carbocycles. The van der Waals surface area contributed by atoms with Gasteiger partial charge in [-0.05, 0) is 10.6 Å². The third-order valence-electron chi connectivity index (χ3n) is 2.94. The van der Waals surface area contributed by atoms with Crippen molar-refractivity contribution in [3.8, 4) is 0 Å². The summed E-state index contributed by atoms with van der Waals surface area (Å²) in [7, 11) is 0. The van der Waals surface area contributed by atoms with Gasteiger partial charge in [-0.1, -0.05) is 36.4 Å². The van der Waals surface area contributed by atoms with E-state index in [1.54, 1.807) is 24.3 Å². The van der Waals surface area contributed by atoms with Crippen LogP contribution in [0, 0.1) is 4.91 Å². The van der Waals surface area contributed by atoms with Gasteiger partial charge in [0.05, 0.1) is 0 Å². The normalized spacial score (nSPS) is 13.4. The van der Waals surface area contributed by atoms with Gasteiger partial charge < -0.3 is 5.11 Å². The van der Waals surface area contributed by atoms with Gasteiger partial charge in [-0.3, -0.25) is 4.79 Å². The summed E-state index contributed by atoms with van der Waals surface area (Å²) in [4.78, 5) is 22.6. The van der Waals surface area contributed by atoms with E-state index in [-0.39, 0.29) is 28.1 Å². The molecule has 0 bridgehead atoms. The Kier molecular flexibility index (Phi) is 3.17. The van der Waals surface area contributed by atoms with Crippen LogP contribution >= 0.6 is 0 Å². The number of ketones is 1. The largest absolute Gasteiger partial charge is 0.505 e. The molecule has 1 aliphatic rings. The molecule has 1 radical (unpaired) electrons. The summed E-state index contributed by atoms with van der Waals surface area (Å²) in [5.41, 5.74) is 0.467. The fourth-order valence-electron chi connectivity index (χ4n) is 2.17. The molecule has 0 aliphatic heterocycles. The molecule has 5 heteroatoms. The van der Waals surface area contributed by atoms with Crippen LogP contribution in [0.3, 0.4) is 0 Å². The van der Waals surface area contributed by atoms with Crippen molar-refractivity contribution in [3.63, 3.8) is 0 Å². The first-order valence-corrected chi connectivity index (χ1v) is 5.07. The number of nitroso groups, excluding NO2 is 1. The predicted octanol–water partition coefficient (Wildman–Crippen LogP) is 3.03. The number of hydrogen-bond donors (Lipinski definition) is 1. The number of Topliss-reactive ketones (excluding diaryl/α,β-unsaturated/α-hetero) is 1. The number of benzene rings is 2. The Bertz CT molecular complexity index is 701. The van der Waals surface area contributed by atoms with E-state index in [4.69, 9.17) is 0 Å². The average Bonchev–Trinajstić information content (AvgIpc) is 2.36. The number of nitrogens with zero attached hydrogens (tertiary/aromatic N) is 1. The SMILES string of the molecule is O=NC1=C(O)c2cccc3cccc(c23)C1=O.[Ag]. The minimum atomic E-state index is -0.526. The van der Waals surface area contributed by atoms with Gasteiger partial charge in [-0.25, -0.2) is 0 Å². The van der Waals surface area contributed by atoms with Gasteiger partial charge in [0.1, 0.15) is 0 Å². The molecule has 0 unspecified atom stereocenters. The summed E-state index contributed by atoms with van der Waals surface area (Å²) < 4.78 is 0. The summed E-state index contributed by atoms with van der Waals surface area (Å²) in [6, 6.07) is 10.5. The molecule has 0 fully saturated rings. The number of hydrogen-bond acceptors (Lipinski definition) is 4. The third kappa shape index (κ3) is 1.54. The molecule has 3 rings (SSSR count). The number of carbonyl (C=O) groups is 1. The van der Waals surface area contributed by atoms with Crippen LogP contribution in [0.5, 0.6) is 0 Å². The Morgan fingerprint density at radius 1 is 1.00 bits per heavy atom. The molecule has 0 spiro atoms. The first-order chi connectivity index (χ1) is 8.24. The zero-order valence-electron chi connectivity index (χ0n) is 8.98. The van der Waals surface area contributed by atoms with Gasteiger partial charge in [-0.2, -0.15) is 0 Å². The molecule has 4 nitrogen and oxygen atoms in total. The van der Waals surface area contributed by atoms with E-state index in [2.05, 4.69) is 5.18 Å². The van der Waals surface area contributed by atoms with Gasteiger partial charge in [0.15, 0.2) is 11.5 Å². The molecule has 0 saturated carbocycles. The fourth-order valence-corrected chi connectivity index (χ4v) is 2.17. The number of aliphatic hydroxyl groups is 1. The van der Waals surface area contributed by atoms with Crippen molar-refractivity contribution in [2.45, 2.75) is 0 Å². The first-order valence-electron chi connectivity index (χ1n) is 5.07. The van der Waals surface area contributed by atoms with Crippen molar-refractivity contribution in [1.82, 2.24) is 0 Å². The molecular formula is C13H7AgNO3. The minimum Gasteiger partial charge on any atom is -0.505 e. The second kappa shape index (κ2) is 4.49. The van der Waals surface area contributed by atoms with Crippen molar-refractivity contribution in [1.29, 1.82) is 0 Å². The Hall–Kier alpha value is -1.75. The van der Waals surface area contributed by atoms with E-state index in [1.807, 2.05) is 12.1 Å². The Labute approximate surface area is 118 Å².